The number of piperidine rings is 1. The van der Waals surface area contributed by atoms with E-state index in [1.54, 1.807) is 0 Å². The zero-order valence-electron chi connectivity index (χ0n) is 15.1. The van der Waals surface area contributed by atoms with Crippen molar-refractivity contribution in [2.45, 2.75) is 39.5 Å². The first kappa shape index (κ1) is 18.2. The van der Waals surface area contributed by atoms with Gasteiger partial charge in [0, 0.05) is 24.5 Å². The lowest BCUT2D eigenvalue weighted by Crippen LogP contribution is -2.50. The second-order valence-corrected chi connectivity index (χ2v) is 7.67. The van der Waals surface area contributed by atoms with Crippen LogP contribution < -0.4 is 5.32 Å². The minimum atomic E-state index is -0.260. The molecule has 0 unspecified atom stereocenters. The van der Waals surface area contributed by atoms with Gasteiger partial charge in [0.05, 0.1) is 16.4 Å². The van der Waals surface area contributed by atoms with Crippen molar-refractivity contribution in [1.82, 2.24) is 20.2 Å². The van der Waals surface area contributed by atoms with Crippen LogP contribution in [0.25, 0.3) is 11.0 Å². The Morgan fingerprint density at radius 2 is 2.32 bits per heavy atom. The number of H-pyrrole nitrogens is 1. The second kappa shape index (κ2) is 7.75. The Kier molecular flexibility index (Phi) is 5.64. The summed E-state index contributed by atoms with van der Waals surface area (Å²) in [6.45, 7) is 7.91. The van der Waals surface area contributed by atoms with Gasteiger partial charge in [-0.25, -0.2) is 4.98 Å². The molecule has 0 saturated carbocycles. The number of carbonyl (C=O) groups is 1. The summed E-state index contributed by atoms with van der Waals surface area (Å²) in [4.78, 5) is 22.8. The second-order valence-electron chi connectivity index (χ2n) is 7.24. The van der Waals surface area contributed by atoms with E-state index in [9.17, 15) is 4.79 Å². The molecule has 1 amide bonds. The molecule has 1 aromatic carbocycles. The number of rotatable bonds is 6. The van der Waals surface area contributed by atoms with E-state index in [0.29, 0.717) is 11.6 Å². The van der Waals surface area contributed by atoms with Crippen LogP contribution in [0.2, 0.25) is 5.02 Å². The molecule has 1 fully saturated rings. The van der Waals surface area contributed by atoms with Crippen molar-refractivity contribution in [3.05, 3.63) is 29.0 Å². The number of benzene rings is 1. The fraction of sp³-hybridized carbons (Fsp3) is 0.579. The molecule has 6 heteroatoms. The van der Waals surface area contributed by atoms with E-state index in [1.165, 1.54) is 0 Å². The minimum absolute atomic E-state index is 0.182. The average Bonchev–Trinajstić information content (AvgIpc) is 3.00. The zero-order chi connectivity index (χ0) is 17.9. The van der Waals surface area contributed by atoms with E-state index in [2.05, 4.69) is 34.0 Å². The van der Waals surface area contributed by atoms with Crippen LogP contribution in [0.5, 0.6) is 0 Å². The van der Waals surface area contributed by atoms with Gasteiger partial charge in [0.15, 0.2) is 0 Å². The Balaban J connectivity index is 1.48. The van der Waals surface area contributed by atoms with Crippen LogP contribution in [-0.2, 0) is 11.2 Å². The van der Waals surface area contributed by atoms with E-state index in [4.69, 9.17) is 11.6 Å². The van der Waals surface area contributed by atoms with Crippen molar-refractivity contribution in [1.29, 1.82) is 0 Å². The van der Waals surface area contributed by atoms with Crippen molar-refractivity contribution in [3.63, 3.8) is 0 Å². The average molecular weight is 363 g/mol. The molecule has 2 N–H and O–H groups in total. The molecule has 0 bridgehead atoms. The van der Waals surface area contributed by atoms with Crippen LogP contribution >= 0.6 is 11.6 Å². The predicted octanol–water partition coefficient (Wildman–Crippen LogP) is 3.39. The van der Waals surface area contributed by atoms with Gasteiger partial charge in [0.1, 0.15) is 5.82 Å². The van der Waals surface area contributed by atoms with Crippen molar-refractivity contribution in [2.75, 3.05) is 26.2 Å². The van der Waals surface area contributed by atoms with Crippen LogP contribution in [0.1, 0.15) is 38.9 Å². The first-order valence-corrected chi connectivity index (χ1v) is 9.53. The summed E-state index contributed by atoms with van der Waals surface area (Å²) in [7, 11) is 0. The smallest absolute Gasteiger partial charge is 0.227 e. The Labute approximate surface area is 154 Å². The fourth-order valence-electron chi connectivity index (χ4n) is 3.62. The van der Waals surface area contributed by atoms with Gasteiger partial charge in [-0.3, -0.25) is 4.79 Å². The summed E-state index contributed by atoms with van der Waals surface area (Å²) < 4.78 is 0. The third-order valence-corrected chi connectivity index (χ3v) is 5.37. The van der Waals surface area contributed by atoms with Crippen LogP contribution in [0.15, 0.2) is 18.2 Å². The Bertz CT molecular complexity index is 744. The van der Waals surface area contributed by atoms with Gasteiger partial charge in [0.2, 0.25) is 5.91 Å². The number of nitrogens with zero attached hydrogens (tertiary/aromatic N) is 2. The highest BCUT2D eigenvalue weighted by atomic mass is 35.5. The normalized spacial score (nSPS) is 21.6. The van der Waals surface area contributed by atoms with Crippen molar-refractivity contribution >= 4 is 28.5 Å². The number of aromatic nitrogens is 2. The summed E-state index contributed by atoms with van der Waals surface area (Å²) in [6.07, 6.45) is 3.75. The van der Waals surface area contributed by atoms with Crippen LogP contribution in [0.3, 0.4) is 0 Å². The molecule has 25 heavy (non-hydrogen) atoms. The van der Waals surface area contributed by atoms with E-state index in [-0.39, 0.29) is 11.3 Å². The van der Waals surface area contributed by atoms with E-state index in [0.717, 1.165) is 62.2 Å². The van der Waals surface area contributed by atoms with Crippen molar-refractivity contribution in [3.8, 4) is 0 Å². The highest BCUT2D eigenvalue weighted by Crippen LogP contribution is 2.29. The van der Waals surface area contributed by atoms with Crippen LogP contribution in [-0.4, -0.2) is 47.0 Å². The lowest BCUT2D eigenvalue weighted by Gasteiger charge is -2.38. The van der Waals surface area contributed by atoms with Gasteiger partial charge >= 0.3 is 0 Å². The van der Waals surface area contributed by atoms with Crippen molar-refractivity contribution < 1.29 is 4.79 Å². The lowest BCUT2D eigenvalue weighted by molar-refractivity contribution is -0.133. The maximum absolute atomic E-state index is 12.6. The molecule has 3 rings (SSSR count). The molecule has 0 radical (unpaired) electrons. The van der Waals surface area contributed by atoms with E-state index < -0.39 is 0 Å². The lowest BCUT2D eigenvalue weighted by atomic mass is 9.81. The maximum Gasteiger partial charge on any atom is 0.227 e. The van der Waals surface area contributed by atoms with Gasteiger partial charge in [-0.15, -0.1) is 0 Å². The molecule has 1 aliphatic heterocycles. The molecule has 2 heterocycles. The number of aromatic amines is 1. The number of halogens is 1. The van der Waals surface area contributed by atoms with Gasteiger partial charge < -0.3 is 15.2 Å². The summed E-state index contributed by atoms with van der Waals surface area (Å²) in [5.41, 5.74) is 1.63. The van der Waals surface area contributed by atoms with Crippen molar-refractivity contribution in [2.24, 2.45) is 5.41 Å². The first-order chi connectivity index (χ1) is 12.0. The number of imidazole rings is 1. The molecular weight excluding hydrogens is 336 g/mol. The molecule has 136 valence electrons. The zero-order valence-corrected chi connectivity index (χ0v) is 15.8. The molecule has 0 aliphatic carbocycles. The topological polar surface area (TPSA) is 61.0 Å². The molecule has 1 saturated heterocycles. The predicted molar refractivity (Wildman–Crippen MR) is 102 cm³/mol. The number of amides is 1. The molecule has 5 nitrogen and oxygen atoms in total. The van der Waals surface area contributed by atoms with Gasteiger partial charge in [-0.05, 0) is 57.5 Å². The van der Waals surface area contributed by atoms with E-state index >= 15 is 0 Å². The van der Waals surface area contributed by atoms with Crippen LogP contribution in [0, 0.1) is 5.41 Å². The Hall–Kier alpha value is -1.59. The highest BCUT2D eigenvalue weighted by molar-refractivity contribution is 6.31. The Morgan fingerprint density at radius 1 is 1.48 bits per heavy atom. The Morgan fingerprint density at radius 3 is 3.12 bits per heavy atom. The summed E-state index contributed by atoms with van der Waals surface area (Å²) in [5, 5.41) is 3.83. The summed E-state index contributed by atoms with van der Waals surface area (Å²) in [5.74, 6) is 1.12. The number of likely N-dealkylation sites (tertiary alicyclic amines) is 1. The number of hydrogen-bond donors (Lipinski definition) is 2. The van der Waals surface area contributed by atoms with E-state index in [1.807, 2.05) is 18.2 Å². The number of nitrogens with one attached hydrogen (secondary N) is 2. The molecule has 1 aliphatic rings. The highest BCUT2D eigenvalue weighted by Gasteiger charge is 2.36. The number of aryl methyl sites for hydroxylation is 1. The quantitative estimate of drug-likeness (QED) is 0.774. The molecule has 0 spiro atoms. The number of hydrogen-bond acceptors (Lipinski definition) is 3. The maximum atomic E-state index is 12.6. The molecule has 1 aromatic heterocycles. The monoisotopic (exact) mass is 362 g/mol. The van der Waals surface area contributed by atoms with Gasteiger partial charge in [-0.2, -0.15) is 0 Å². The molecule has 1 atom stereocenters. The number of carbonyl (C=O) groups excluding carboxylic acids is 1. The third-order valence-electron chi connectivity index (χ3n) is 5.14. The summed E-state index contributed by atoms with van der Waals surface area (Å²) in [6, 6.07) is 5.65. The third kappa shape index (κ3) is 4.33. The molecular formula is C19H27ClN4O. The minimum Gasteiger partial charge on any atom is -0.356 e. The van der Waals surface area contributed by atoms with Gasteiger partial charge in [0.25, 0.3) is 0 Å². The SMILES string of the molecule is CCN1CCC[C@@](C)(C(=O)NCCCc2nc3ccc(Cl)cc3[nH]2)C1. The number of fused-ring (bicyclic) bond motifs is 1. The largest absolute Gasteiger partial charge is 0.356 e. The van der Waals surface area contributed by atoms with Gasteiger partial charge in [-0.1, -0.05) is 18.5 Å². The first-order valence-electron chi connectivity index (χ1n) is 9.15. The van der Waals surface area contributed by atoms with Crippen LogP contribution in [0.4, 0.5) is 0 Å². The summed E-state index contributed by atoms with van der Waals surface area (Å²) >= 11 is 6.00. The standard InChI is InChI=1S/C19H27ClN4O/c1-3-24-11-5-9-19(2,13-24)18(25)21-10-4-6-17-22-15-8-7-14(20)12-16(15)23-17/h7-8,12H,3-6,9-11,13H2,1-2H3,(H,21,25)(H,22,23)/t19-/m1/s1. The molecule has 2 aromatic rings. The fourth-order valence-corrected chi connectivity index (χ4v) is 3.80.